The summed E-state index contributed by atoms with van der Waals surface area (Å²) in [5, 5.41) is 3.52. The van der Waals surface area contributed by atoms with Gasteiger partial charge in [-0.15, -0.1) is 0 Å². The third kappa shape index (κ3) is 1.81. The number of nitrogens with one attached hydrogen (secondary N) is 1. The van der Waals surface area contributed by atoms with Crippen LogP contribution in [0.25, 0.3) is 0 Å². The summed E-state index contributed by atoms with van der Waals surface area (Å²) in [5.74, 6) is 2.81. The zero-order chi connectivity index (χ0) is 11.8. The second-order valence-electron chi connectivity index (χ2n) is 5.46. The van der Waals surface area contributed by atoms with E-state index in [-0.39, 0.29) is 0 Å². The Morgan fingerprint density at radius 2 is 2.41 bits per heavy atom. The van der Waals surface area contributed by atoms with Crippen molar-refractivity contribution in [1.29, 1.82) is 0 Å². The van der Waals surface area contributed by atoms with Crippen LogP contribution in [0.5, 0.6) is 0 Å². The van der Waals surface area contributed by atoms with E-state index >= 15 is 0 Å². The van der Waals surface area contributed by atoms with Crippen LogP contribution in [-0.2, 0) is 0 Å². The molecule has 2 aliphatic heterocycles. The predicted octanol–water partition coefficient (Wildman–Crippen LogP) is 2.27. The molecule has 3 heterocycles. The van der Waals surface area contributed by atoms with Gasteiger partial charge in [-0.2, -0.15) is 0 Å². The van der Waals surface area contributed by atoms with Gasteiger partial charge in [-0.1, -0.05) is 6.92 Å². The SMILES string of the molecule is CCC(c1ccco1)N1CC2CNCC2C1C. The van der Waals surface area contributed by atoms with Crippen LogP contribution in [0.3, 0.4) is 0 Å². The molecule has 2 aliphatic rings. The van der Waals surface area contributed by atoms with Gasteiger partial charge in [0.1, 0.15) is 5.76 Å². The van der Waals surface area contributed by atoms with Gasteiger partial charge >= 0.3 is 0 Å². The average Bonchev–Trinajstić information content (AvgIpc) is 3.01. The van der Waals surface area contributed by atoms with Crippen molar-refractivity contribution in [2.24, 2.45) is 11.8 Å². The smallest absolute Gasteiger partial charge is 0.120 e. The fourth-order valence-electron chi connectivity index (χ4n) is 3.69. The molecule has 4 atom stereocenters. The number of hydrogen-bond acceptors (Lipinski definition) is 3. The lowest BCUT2D eigenvalue weighted by atomic mass is 9.95. The molecule has 0 aromatic carbocycles. The second kappa shape index (κ2) is 4.46. The molecule has 3 nitrogen and oxygen atoms in total. The fraction of sp³-hybridized carbons (Fsp3) is 0.714. The number of likely N-dealkylation sites (tertiary alicyclic amines) is 1. The third-order valence-electron chi connectivity index (χ3n) is 4.64. The van der Waals surface area contributed by atoms with E-state index in [4.69, 9.17) is 4.42 Å². The molecule has 1 aromatic heterocycles. The number of hydrogen-bond donors (Lipinski definition) is 1. The zero-order valence-electron chi connectivity index (χ0n) is 10.7. The van der Waals surface area contributed by atoms with Gasteiger partial charge in [-0.25, -0.2) is 0 Å². The van der Waals surface area contributed by atoms with Crippen LogP contribution < -0.4 is 5.32 Å². The summed E-state index contributed by atoms with van der Waals surface area (Å²) in [5.41, 5.74) is 0. The molecule has 1 N–H and O–H groups in total. The minimum absolute atomic E-state index is 0.464. The second-order valence-corrected chi connectivity index (χ2v) is 5.46. The highest BCUT2D eigenvalue weighted by molar-refractivity contribution is 5.08. The Kier molecular flexibility index (Phi) is 2.97. The van der Waals surface area contributed by atoms with Gasteiger partial charge in [0, 0.05) is 12.6 Å². The van der Waals surface area contributed by atoms with Crippen molar-refractivity contribution in [3.63, 3.8) is 0 Å². The van der Waals surface area contributed by atoms with Gasteiger partial charge in [0.2, 0.25) is 0 Å². The van der Waals surface area contributed by atoms with Crippen molar-refractivity contribution in [1.82, 2.24) is 10.2 Å². The Morgan fingerprint density at radius 1 is 1.53 bits per heavy atom. The molecular weight excluding hydrogens is 212 g/mol. The Balaban J connectivity index is 1.79. The van der Waals surface area contributed by atoms with Crippen LogP contribution in [-0.4, -0.2) is 30.6 Å². The summed E-state index contributed by atoms with van der Waals surface area (Å²) in [6, 6.07) is 5.25. The number of rotatable bonds is 3. The molecule has 0 spiro atoms. The minimum atomic E-state index is 0.464. The van der Waals surface area contributed by atoms with Crippen LogP contribution >= 0.6 is 0 Å². The van der Waals surface area contributed by atoms with Gasteiger partial charge in [0.05, 0.1) is 12.3 Å². The molecule has 0 radical (unpaired) electrons. The van der Waals surface area contributed by atoms with Crippen LogP contribution in [0.15, 0.2) is 22.8 Å². The first-order valence-electron chi connectivity index (χ1n) is 6.81. The molecule has 3 rings (SSSR count). The Bertz CT molecular complexity index is 362. The minimum Gasteiger partial charge on any atom is -0.468 e. The predicted molar refractivity (Wildman–Crippen MR) is 67.8 cm³/mol. The highest BCUT2D eigenvalue weighted by atomic mass is 16.3. The van der Waals surface area contributed by atoms with E-state index in [0.717, 1.165) is 24.0 Å². The van der Waals surface area contributed by atoms with Crippen LogP contribution in [0.2, 0.25) is 0 Å². The van der Waals surface area contributed by atoms with Crippen molar-refractivity contribution in [3.8, 4) is 0 Å². The molecule has 2 saturated heterocycles. The zero-order valence-corrected chi connectivity index (χ0v) is 10.7. The van der Waals surface area contributed by atoms with E-state index in [9.17, 15) is 0 Å². The van der Waals surface area contributed by atoms with Crippen LogP contribution in [0, 0.1) is 11.8 Å². The number of fused-ring (bicyclic) bond motifs is 1. The average molecular weight is 234 g/mol. The number of furan rings is 1. The number of nitrogens with zero attached hydrogens (tertiary/aromatic N) is 1. The van der Waals surface area contributed by atoms with E-state index in [0.29, 0.717) is 12.1 Å². The van der Waals surface area contributed by atoms with Crippen molar-refractivity contribution in [3.05, 3.63) is 24.2 Å². The topological polar surface area (TPSA) is 28.4 Å². The van der Waals surface area contributed by atoms with Gasteiger partial charge in [-0.05, 0) is 50.4 Å². The quantitative estimate of drug-likeness (QED) is 0.869. The van der Waals surface area contributed by atoms with Crippen LogP contribution in [0.4, 0.5) is 0 Å². The normalized spacial score (nSPS) is 35.1. The van der Waals surface area contributed by atoms with E-state index in [1.165, 1.54) is 19.6 Å². The first kappa shape index (κ1) is 11.3. The molecule has 3 heteroatoms. The summed E-state index contributed by atoms with van der Waals surface area (Å²) in [7, 11) is 0. The summed E-state index contributed by atoms with van der Waals surface area (Å²) in [6.07, 6.45) is 2.92. The Morgan fingerprint density at radius 3 is 3.06 bits per heavy atom. The molecule has 0 amide bonds. The molecular formula is C14H22N2O. The lowest BCUT2D eigenvalue weighted by Gasteiger charge is -2.31. The van der Waals surface area contributed by atoms with Crippen molar-refractivity contribution < 1.29 is 4.42 Å². The third-order valence-corrected chi connectivity index (χ3v) is 4.64. The maximum Gasteiger partial charge on any atom is 0.120 e. The molecule has 1 aromatic rings. The first-order valence-corrected chi connectivity index (χ1v) is 6.81. The van der Waals surface area contributed by atoms with Gasteiger partial charge in [-0.3, -0.25) is 4.90 Å². The van der Waals surface area contributed by atoms with Crippen molar-refractivity contribution >= 4 is 0 Å². The van der Waals surface area contributed by atoms with Gasteiger partial charge < -0.3 is 9.73 Å². The molecule has 94 valence electrons. The Labute approximate surface area is 103 Å². The molecule has 0 bridgehead atoms. The highest BCUT2D eigenvalue weighted by Gasteiger charge is 2.44. The molecule has 0 aliphatic carbocycles. The van der Waals surface area contributed by atoms with Gasteiger partial charge in [0.15, 0.2) is 0 Å². The molecule has 4 unspecified atom stereocenters. The van der Waals surface area contributed by atoms with Crippen molar-refractivity contribution in [2.45, 2.75) is 32.4 Å². The maximum atomic E-state index is 5.61. The summed E-state index contributed by atoms with van der Waals surface area (Å²) < 4.78 is 5.61. The monoisotopic (exact) mass is 234 g/mol. The maximum absolute atomic E-state index is 5.61. The fourth-order valence-corrected chi connectivity index (χ4v) is 3.69. The van der Waals surface area contributed by atoms with E-state index in [1.807, 2.05) is 6.07 Å². The van der Waals surface area contributed by atoms with E-state index in [2.05, 4.69) is 30.1 Å². The highest BCUT2D eigenvalue weighted by Crippen LogP contribution is 2.39. The lowest BCUT2D eigenvalue weighted by Crippen LogP contribution is -2.36. The Hall–Kier alpha value is -0.800. The molecule has 0 saturated carbocycles. The summed E-state index contributed by atoms with van der Waals surface area (Å²) >= 11 is 0. The van der Waals surface area contributed by atoms with E-state index in [1.54, 1.807) is 6.26 Å². The standard InChI is InChI=1S/C14H22N2O/c1-3-13(14-5-4-6-17-14)16-9-11-7-15-8-12(11)10(16)2/h4-6,10-13,15H,3,7-9H2,1-2H3. The van der Waals surface area contributed by atoms with Gasteiger partial charge in [0.25, 0.3) is 0 Å². The summed E-state index contributed by atoms with van der Waals surface area (Å²) in [4.78, 5) is 2.65. The first-order chi connectivity index (χ1) is 8.31. The lowest BCUT2D eigenvalue weighted by molar-refractivity contribution is 0.147. The molecule has 17 heavy (non-hydrogen) atoms. The van der Waals surface area contributed by atoms with E-state index < -0.39 is 0 Å². The summed E-state index contributed by atoms with van der Waals surface area (Å²) in [6.45, 7) is 8.24. The molecule has 2 fully saturated rings. The van der Waals surface area contributed by atoms with Crippen LogP contribution in [0.1, 0.15) is 32.1 Å². The van der Waals surface area contributed by atoms with Crippen molar-refractivity contribution in [2.75, 3.05) is 19.6 Å². The largest absolute Gasteiger partial charge is 0.468 e.